The largest absolute Gasteiger partial charge is 0.286 e. The van der Waals surface area contributed by atoms with Gasteiger partial charge in [-0.1, -0.05) is 157 Å². The Morgan fingerprint density at radius 3 is 1.28 bits per heavy atom. The maximum absolute atomic E-state index is 9.93. The quantitative estimate of drug-likeness (QED) is 0.104. The van der Waals surface area contributed by atoms with Crippen LogP contribution in [0.1, 0.15) is 45.2 Å². The zero-order chi connectivity index (χ0) is 31.7. The molecule has 0 aliphatic rings. The van der Waals surface area contributed by atoms with E-state index < -0.39 is 0 Å². The summed E-state index contributed by atoms with van der Waals surface area (Å²) in [5.41, 5.74) is 12.0. The van der Waals surface area contributed by atoms with Gasteiger partial charge in [0.1, 0.15) is 11.7 Å². The normalized spacial score (nSPS) is 11.4. The molecule has 6 aromatic rings. The van der Waals surface area contributed by atoms with Gasteiger partial charge in [0.25, 0.3) is 0 Å². The van der Waals surface area contributed by atoms with Crippen molar-refractivity contribution in [1.82, 2.24) is 5.43 Å². The second-order valence-electron chi connectivity index (χ2n) is 11.5. The van der Waals surface area contributed by atoms with Crippen molar-refractivity contribution in [2.45, 2.75) is 25.7 Å². The molecular formula is C42H38N4. The Hall–Kier alpha value is -5.74. The van der Waals surface area contributed by atoms with Gasteiger partial charge in [0, 0.05) is 0 Å². The highest BCUT2D eigenvalue weighted by molar-refractivity contribution is 6.06. The molecule has 0 spiro atoms. The van der Waals surface area contributed by atoms with Crippen LogP contribution in [0.3, 0.4) is 0 Å². The van der Waals surface area contributed by atoms with Gasteiger partial charge in [0.2, 0.25) is 0 Å². The predicted molar refractivity (Wildman–Crippen MR) is 192 cm³/mol. The van der Waals surface area contributed by atoms with E-state index in [9.17, 15) is 5.41 Å². The Kier molecular flexibility index (Phi) is 9.46. The number of aryl methyl sites for hydroxylation is 2. The molecule has 0 heterocycles. The number of aliphatic imine (C=N–C) groups is 1. The molecule has 226 valence electrons. The zero-order valence-electron chi connectivity index (χ0n) is 26.2. The molecule has 0 amide bonds. The molecule has 0 saturated heterocycles. The molecule has 0 fully saturated rings. The fraction of sp³-hybridized carbons (Fsp3) is 0.0952. The first-order chi connectivity index (χ1) is 22.6. The van der Waals surface area contributed by atoms with Crippen molar-refractivity contribution in [3.05, 3.63) is 203 Å². The summed E-state index contributed by atoms with van der Waals surface area (Å²) < 4.78 is 0. The topological polar surface area (TPSA) is 51.5 Å². The van der Waals surface area contributed by atoms with Crippen LogP contribution in [0, 0.1) is 19.3 Å². The third kappa shape index (κ3) is 7.14. The highest BCUT2D eigenvalue weighted by Gasteiger charge is 2.29. The molecule has 0 aromatic heterocycles. The molecule has 0 atom stereocenters. The minimum Gasteiger partial charge on any atom is -0.286 e. The van der Waals surface area contributed by atoms with Crippen LogP contribution in [0.5, 0.6) is 0 Å². The fourth-order valence-corrected chi connectivity index (χ4v) is 5.71. The number of hydrazine groups is 1. The van der Waals surface area contributed by atoms with Crippen molar-refractivity contribution >= 4 is 23.0 Å². The lowest BCUT2D eigenvalue weighted by molar-refractivity contribution is 0.861. The Bertz CT molecular complexity index is 1790. The third-order valence-corrected chi connectivity index (χ3v) is 8.12. The van der Waals surface area contributed by atoms with Crippen LogP contribution in [-0.4, -0.2) is 11.7 Å². The molecule has 0 aliphatic heterocycles. The average Bonchev–Trinajstić information content (AvgIpc) is 3.10. The van der Waals surface area contributed by atoms with Crippen LogP contribution in [0.4, 0.5) is 11.4 Å². The summed E-state index contributed by atoms with van der Waals surface area (Å²) in [7, 11) is 0. The highest BCUT2D eigenvalue weighted by Crippen LogP contribution is 2.32. The van der Waals surface area contributed by atoms with Gasteiger partial charge < -0.3 is 0 Å². The average molecular weight is 599 g/mol. The van der Waals surface area contributed by atoms with Crippen LogP contribution >= 0.6 is 0 Å². The van der Waals surface area contributed by atoms with Gasteiger partial charge in [-0.3, -0.25) is 10.8 Å². The summed E-state index contributed by atoms with van der Waals surface area (Å²) in [6, 6.07) is 58.0. The lowest BCUT2D eigenvalue weighted by atomic mass is 9.89. The number of hydrogen-bond acceptors (Lipinski definition) is 2. The van der Waals surface area contributed by atoms with E-state index in [1.54, 1.807) is 0 Å². The smallest absolute Gasteiger partial charge is 0.133 e. The number of hydrogen-bond donors (Lipinski definition) is 2. The predicted octanol–water partition coefficient (Wildman–Crippen LogP) is 9.99. The minimum absolute atomic E-state index is 0.226. The zero-order valence-corrected chi connectivity index (χ0v) is 26.2. The van der Waals surface area contributed by atoms with Crippen LogP contribution in [0.25, 0.3) is 0 Å². The van der Waals surface area contributed by atoms with Crippen LogP contribution in [0.2, 0.25) is 0 Å². The highest BCUT2D eigenvalue weighted by atomic mass is 15.5. The van der Waals surface area contributed by atoms with E-state index in [-0.39, 0.29) is 11.8 Å². The third-order valence-electron chi connectivity index (χ3n) is 8.12. The molecule has 0 aliphatic carbocycles. The summed E-state index contributed by atoms with van der Waals surface area (Å²) in [5.74, 6) is 0.546. The van der Waals surface area contributed by atoms with E-state index in [1.807, 2.05) is 65.7 Å². The number of benzene rings is 6. The maximum Gasteiger partial charge on any atom is 0.133 e. The van der Waals surface area contributed by atoms with E-state index in [4.69, 9.17) is 4.99 Å². The van der Waals surface area contributed by atoms with E-state index >= 15 is 0 Å². The van der Waals surface area contributed by atoms with Gasteiger partial charge in [0.15, 0.2) is 0 Å². The van der Waals surface area contributed by atoms with Gasteiger partial charge >= 0.3 is 0 Å². The first-order valence-electron chi connectivity index (χ1n) is 15.6. The lowest BCUT2D eigenvalue weighted by Gasteiger charge is -2.34. The van der Waals surface area contributed by atoms with Crippen molar-refractivity contribution in [2.24, 2.45) is 4.99 Å². The molecule has 2 N–H and O–H groups in total. The van der Waals surface area contributed by atoms with Crippen molar-refractivity contribution in [2.75, 3.05) is 5.01 Å². The van der Waals surface area contributed by atoms with Crippen LogP contribution in [0.15, 0.2) is 175 Å². The van der Waals surface area contributed by atoms with Gasteiger partial charge in [-0.05, 0) is 60.4 Å². The second kappa shape index (κ2) is 14.4. The van der Waals surface area contributed by atoms with Gasteiger partial charge in [-0.15, -0.1) is 0 Å². The molecule has 0 bridgehead atoms. The molecule has 0 saturated carbocycles. The van der Waals surface area contributed by atoms with Crippen molar-refractivity contribution < 1.29 is 0 Å². The molecular weight excluding hydrogens is 560 g/mol. The first kappa shape index (κ1) is 30.3. The molecule has 0 radical (unpaired) electrons. The summed E-state index contributed by atoms with van der Waals surface area (Å²) in [6.45, 7) is 4.16. The summed E-state index contributed by atoms with van der Waals surface area (Å²) in [5, 5.41) is 11.8. The molecule has 4 heteroatoms. The van der Waals surface area contributed by atoms with Crippen LogP contribution < -0.4 is 10.4 Å². The standard InChI is InChI=1S/C42H38N4/c1-31-23-27-37(28-24-31)44-42(40(35-19-11-5-12-20-35)36-21-13-6-14-22-36)45-46(38-29-25-32(2)26-30-38)41(43)39(33-15-7-3-8-16-33)34-17-9-4-10-18-34/h3-30,39-40,43H,1-2H3,(H,44,45). The van der Waals surface area contributed by atoms with Gasteiger partial charge in [-0.2, -0.15) is 0 Å². The summed E-state index contributed by atoms with van der Waals surface area (Å²) >= 11 is 0. The monoisotopic (exact) mass is 598 g/mol. The number of rotatable bonds is 8. The molecule has 6 rings (SSSR count). The maximum atomic E-state index is 9.93. The molecule has 46 heavy (non-hydrogen) atoms. The number of nitrogens with one attached hydrogen (secondary N) is 2. The SMILES string of the molecule is Cc1ccc(N=C(NN(C(=N)C(c2ccccc2)c2ccccc2)c2ccc(C)cc2)C(c2ccccc2)c2ccccc2)cc1. The van der Waals surface area contributed by atoms with E-state index in [2.05, 4.69) is 128 Å². The van der Waals surface area contributed by atoms with Gasteiger partial charge in [-0.25, -0.2) is 10.0 Å². The second-order valence-corrected chi connectivity index (χ2v) is 11.5. The van der Waals surface area contributed by atoms with E-state index in [1.165, 1.54) is 5.56 Å². The Balaban J connectivity index is 1.54. The van der Waals surface area contributed by atoms with Crippen molar-refractivity contribution in [3.8, 4) is 0 Å². The minimum atomic E-state index is -0.330. The van der Waals surface area contributed by atoms with Gasteiger partial charge in [0.05, 0.1) is 23.2 Å². The Labute approximate surface area is 272 Å². The molecule has 4 nitrogen and oxygen atoms in total. The fourth-order valence-electron chi connectivity index (χ4n) is 5.71. The Morgan fingerprint density at radius 1 is 0.500 bits per heavy atom. The summed E-state index contributed by atoms with van der Waals surface area (Å²) in [6.07, 6.45) is 0. The van der Waals surface area contributed by atoms with Crippen molar-refractivity contribution in [1.29, 1.82) is 5.41 Å². The number of anilines is 1. The van der Waals surface area contributed by atoms with E-state index in [0.717, 1.165) is 39.2 Å². The van der Waals surface area contributed by atoms with E-state index in [0.29, 0.717) is 11.7 Å². The summed E-state index contributed by atoms with van der Waals surface area (Å²) in [4.78, 5) is 5.29. The first-order valence-corrected chi connectivity index (χ1v) is 15.6. The molecule has 0 unspecified atom stereocenters. The van der Waals surface area contributed by atoms with Crippen molar-refractivity contribution in [3.63, 3.8) is 0 Å². The van der Waals surface area contributed by atoms with Crippen LogP contribution in [-0.2, 0) is 0 Å². The Morgan fingerprint density at radius 2 is 0.870 bits per heavy atom. The number of amidine groups is 2. The molecule has 6 aromatic carbocycles. The lowest BCUT2D eigenvalue weighted by Crippen LogP contribution is -2.50. The number of nitrogens with zero attached hydrogens (tertiary/aromatic N) is 2.